The summed E-state index contributed by atoms with van der Waals surface area (Å²) < 4.78 is 21.5. The van der Waals surface area contributed by atoms with Crippen LogP contribution in [0.2, 0.25) is 0 Å². The maximum absolute atomic E-state index is 12.6. The van der Waals surface area contributed by atoms with Crippen molar-refractivity contribution in [1.29, 1.82) is 0 Å². The molecule has 0 bridgehead atoms. The standard InChI is InChI=1S/C24H26N2O6/c1-5-30-21-10-7-17(13-22(21)31-6-2)26-23(27)14-32-24(28)19-12-16-11-18(29-4)8-9-20(16)25-15(19)3/h7-13H,5-6,14H2,1-4H3,(H,26,27). The summed E-state index contributed by atoms with van der Waals surface area (Å²) in [5, 5.41) is 3.43. The summed E-state index contributed by atoms with van der Waals surface area (Å²) in [6.45, 7) is 5.97. The van der Waals surface area contributed by atoms with Gasteiger partial charge in [-0.1, -0.05) is 0 Å². The molecule has 0 saturated heterocycles. The van der Waals surface area contributed by atoms with Gasteiger partial charge in [0.2, 0.25) is 0 Å². The maximum Gasteiger partial charge on any atom is 0.340 e. The number of aryl methyl sites for hydroxylation is 1. The molecule has 8 heteroatoms. The Hall–Kier alpha value is -3.81. The zero-order valence-corrected chi connectivity index (χ0v) is 18.6. The summed E-state index contributed by atoms with van der Waals surface area (Å²) in [5.74, 6) is 0.672. The van der Waals surface area contributed by atoms with Crippen molar-refractivity contribution in [3.63, 3.8) is 0 Å². The van der Waals surface area contributed by atoms with Gasteiger partial charge in [-0.25, -0.2) is 4.79 Å². The van der Waals surface area contributed by atoms with Crippen molar-refractivity contribution >= 4 is 28.5 Å². The highest BCUT2D eigenvalue weighted by atomic mass is 16.5. The quantitative estimate of drug-likeness (QED) is 0.502. The lowest BCUT2D eigenvalue weighted by Gasteiger charge is -2.13. The molecule has 0 unspecified atom stereocenters. The number of nitrogens with zero attached hydrogens (tertiary/aromatic N) is 1. The third kappa shape index (κ3) is 5.46. The summed E-state index contributed by atoms with van der Waals surface area (Å²) in [6.07, 6.45) is 0. The molecule has 1 N–H and O–H groups in total. The molecule has 8 nitrogen and oxygen atoms in total. The maximum atomic E-state index is 12.6. The Kier molecular flexibility index (Phi) is 7.49. The normalized spacial score (nSPS) is 10.5. The minimum Gasteiger partial charge on any atom is -0.497 e. The minimum atomic E-state index is -0.628. The molecule has 1 amide bonds. The number of carbonyl (C=O) groups is 2. The Bertz CT molecular complexity index is 1130. The molecule has 1 aromatic heterocycles. The van der Waals surface area contributed by atoms with Crippen LogP contribution < -0.4 is 19.5 Å². The Morgan fingerprint density at radius 1 is 0.969 bits per heavy atom. The van der Waals surface area contributed by atoms with E-state index in [1.165, 1.54) is 0 Å². The van der Waals surface area contributed by atoms with Gasteiger partial charge in [0.25, 0.3) is 5.91 Å². The fourth-order valence-corrected chi connectivity index (χ4v) is 3.12. The van der Waals surface area contributed by atoms with Gasteiger partial charge in [-0.3, -0.25) is 9.78 Å². The number of carbonyl (C=O) groups excluding carboxylic acids is 2. The molecule has 3 rings (SSSR count). The molecule has 32 heavy (non-hydrogen) atoms. The number of ether oxygens (including phenoxy) is 4. The largest absolute Gasteiger partial charge is 0.497 e. The number of rotatable bonds is 9. The number of anilines is 1. The van der Waals surface area contributed by atoms with E-state index < -0.39 is 18.5 Å². The van der Waals surface area contributed by atoms with Crippen LogP contribution in [-0.4, -0.2) is 43.8 Å². The van der Waals surface area contributed by atoms with Crippen molar-refractivity contribution in [2.45, 2.75) is 20.8 Å². The van der Waals surface area contributed by atoms with Crippen molar-refractivity contribution in [1.82, 2.24) is 4.98 Å². The zero-order chi connectivity index (χ0) is 23.1. The number of amides is 1. The van der Waals surface area contributed by atoms with E-state index in [1.54, 1.807) is 50.4 Å². The molecule has 3 aromatic rings. The second-order valence-corrected chi connectivity index (χ2v) is 6.83. The third-order valence-corrected chi connectivity index (χ3v) is 4.59. The van der Waals surface area contributed by atoms with E-state index in [0.717, 1.165) is 10.9 Å². The smallest absolute Gasteiger partial charge is 0.340 e. The average molecular weight is 438 g/mol. The average Bonchev–Trinajstić information content (AvgIpc) is 2.78. The van der Waals surface area contributed by atoms with E-state index in [-0.39, 0.29) is 0 Å². The second-order valence-electron chi connectivity index (χ2n) is 6.83. The van der Waals surface area contributed by atoms with Crippen LogP contribution in [0.3, 0.4) is 0 Å². The molecular weight excluding hydrogens is 412 g/mol. The predicted octanol–water partition coefficient (Wildman–Crippen LogP) is 4.14. The van der Waals surface area contributed by atoms with Crippen molar-refractivity contribution in [3.8, 4) is 17.2 Å². The molecule has 0 aliphatic heterocycles. The first-order valence-corrected chi connectivity index (χ1v) is 10.3. The number of aromatic nitrogens is 1. The number of hydrogen-bond donors (Lipinski definition) is 1. The van der Waals surface area contributed by atoms with Crippen LogP contribution in [-0.2, 0) is 9.53 Å². The number of nitrogens with one attached hydrogen (secondary N) is 1. The number of esters is 1. The van der Waals surface area contributed by atoms with Gasteiger partial charge < -0.3 is 24.3 Å². The Balaban J connectivity index is 1.66. The first-order chi connectivity index (χ1) is 15.4. The number of pyridine rings is 1. The van der Waals surface area contributed by atoms with Crippen molar-refractivity contribution in [2.24, 2.45) is 0 Å². The van der Waals surface area contributed by atoms with Gasteiger partial charge in [0.05, 0.1) is 37.1 Å². The van der Waals surface area contributed by atoms with Crippen LogP contribution in [0.5, 0.6) is 17.2 Å². The van der Waals surface area contributed by atoms with Crippen LogP contribution in [0.15, 0.2) is 42.5 Å². The van der Waals surface area contributed by atoms with Crippen molar-refractivity contribution in [2.75, 3.05) is 32.2 Å². The topological polar surface area (TPSA) is 96.0 Å². The Labute approximate surface area is 186 Å². The minimum absolute atomic E-state index is 0.290. The second kappa shape index (κ2) is 10.5. The number of methoxy groups -OCH3 is 1. The fourth-order valence-electron chi connectivity index (χ4n) is 3.12. The third-order valence-electron chi connectivity index (χ3n) is 4.59. The molecule has 0 saturated carbocycles. The van der Waals surface area contributed by atoms with Gasteiger partial charge in [0, 0.05) is 17.1 Å². The van der Waals surface area contributed by atoms with E-state index in [4.69, 9.17) is 18.9 Å². The molecule has 0 atom stereocenters. The summed E-state index contributed by atoms with van der Waals surface area (Å²) in [5.41, 5.74) is 2.05. The van der Waals surface area contributed by atoms with E-state index in [0.29, 0.717) is 47.4 Å². The summed E-state index contributed by atoms with van der Waals surface area (Å²) in [6, 6.07) is 12.2. The highest BCUT2D eigenvalue weighted by Crippen LogP contribution is 2.30. The van der Waals surface area contributed by atoms with Gasteiger partial charge in [-0.2, -0.15) is 0 Å². The van der Waals surface area contributed by atoms with Crippen molar-refractivity contribution < 1.29 is 28.5 Å². The molecule has 0 spiro atoms. The van der Waals surface area contributed by atoms with Crippen LogP contribution in [0.1, 0.15) is 29.9 Å². The van der Waals surface area contributed by atoms with Crippen LogP contribution in [0, 0.1) is 6.92 Å². The van der Waals surface area contributed by atoms with E-state index >= 15 is 0 Å². The highest BCUT2D eigenvalue weighted by molar-refractivity contribution is 5.98. The van der Waals surface area contributed by atoms with Gasteiger partial charge in [0.1, 0.15) is 5.75 Å². The Morgan fingerprint density at radius 3 is 2.44 bits per heavy atom. The monoisotopic (exact) mass is 438 g/mol. The molecule has 1 heterocycles. The lowest BCUT2D eigenvalue weighted by atomic mass is 10.1. The van der Waals surface area contributed by atoms with Crippen LogP contribution >= 0.6 is 0 Å². The zero-order valence-electron chi connectivity index (χ0n) is 18.6. The first-order valence-electron chi connectivity index (χ1n) is 10.3. The van der Waals surface area contributed by atoms with Crippen molar-refractivity contribution in [3.05, 3.63) is 53.7 Å². The number of benzene rings is 2. The lowest BCUT2D eigenvalue weighted by molar-refractivity contribution is -0.119. The number of hydrogen-bond acceptors (Lipinski definition) is 7. The van der Waals surface area contributed by atoms with E-state index in [1.807, 2.05) is 19.9 Å². The number of fused-ring (bicyclic) bond motifs is 1. The van der Waals surface area contributed by atoms with Gasteiger partial charge in [-0.05, 0) is 57.2 Å². The summed E-state index contributed by atoms with van der Waals surface area (Å²) in [7, 11) is 1.57. The van der Waals surface area contributed by atoms with Crippen LogP contribution in [0.4, 0.5) is 5.69 Å². The van der Waals surface area contributed by atoms with Crippen LogP contribution in [0.25, 0.3) is 10.9 Å². The molecule has 168 valence electrons. The van der Waals surface area contributed by atoms with E-state index in [2.05, 4.69) is 10.3 Å². The summed E-state index contributed by atoms with van der Waals surface area (Å²) >= 11 is 0. The summed E-state index contributed by atoms with van der Waals surface area (Å²) in [4.78, 5) is 29.3. The molecule has 0 radical (unpaired) electrons. The van der Waals surface area contributed by atoms with E-state index in [9.17, 15) is 9.59 Å². The predicted molar refractivity (Wildman–Crippen MR) is 121 cm³/mol. The SMILES string of the molecule is CCOc1ccc(NC(=O)COC(=O)c2cc3cc(OC)ccc3nc2C)cc1OCC. The van der Waals surface area contributed by atoms with Gasteiger partial charge >= 0.3 is 5.97 Å². The molecule has 2 aromatic carbocycles. The highest BCUT2D eigenvalue weighted by Gasteiger charge is 2.16. The fraction of sp³-hybridized carbons (Fsp3) is 0.292. The molecular formula is C24H26N2O6. The van der Waals surface area contributed by atoms with Gasteiger partial charge in [0.15, 0.2) is 18.1 Å². The molecule has 0 fully saturated rings. The lowest BCUT2D eigenvalue weighted by Crippen LogP contribution is -2.21. The Morgan fingerprint density at radius 2 is 1.72 bits per heavy atom. The molecule has 0 aliphatic carbocycles. The molecule has 0 aliphatic rings. The first kappa shape index (κ1) is 22.9. The van der Waals surface area contributed by atoms with Gasteiger partial charge in [-0.15, -0.1) is 0 Å².